The molecule has 1 aromatic rings. The van der Waals surface area contributed by atoms with Crippen LogP contribution in [-0.4, -0.2) is 40.2 Å². The second-order valence-corrected chi connectivity index (χ2v) is 6.90. The highest BCUT2D eigenvalue weighted by atomic mass is 19.4. The molecule has 5 nitrogen and oxygen atoms in total. The van der Waals surface area contributed by atoms with Crippen molar-refractivity contribution in [3.05, 3.63) is 11.7 Å². The Morgan fingerprint density at radius 3 is 2.59 bits per heavy atom. The number of hydrogen-bond acceptors (Lipinski definition) is 4. The van der Waals surface area contributed by atoms with Crippen molar-refractivity contribution in [1.82, 2.24) is 15.0 Å². The Kier molecular flexibility index (Phi) is 4.49. The molecule has 124 valence electrons. The Balaban J connectivity index is 1.96. The van der Waals surface area contributed by atoms with Gasteiger partial charge in [0.05, 0.1) is 5.92 Å². The fraction of sp³-hybridized carbons (Fsp3) is 0.786. The maximum Gasteiger partial charge on any atom is 0.406 e. The Bertz CT molecular complexity index is 534. The van der Waals surface area contributed by atoms with Gasteiger partial charge in [0, 0.05) is 19.4 Å². The maximum atomic E-state index is 12.4. The van der Waals surface area contributed by atoms with E-state index in [0.29, 0.717) is 12.2 Å². The summed E-state index contributed by atoms with van der Waals surface area (Å²) in [5, 5.41) is 3.85. The van der Waals surface area contributed by atoms with Crippen molar-refractivity contribution < 1.29 is 22.5 Å². The maximum absolute atomic E-state index is 12.4. The van der Waals surface area contributed by atoms with Crippen LogP contribution in [0.15, 0.2) is 4.52 Å². The molecule has 8 heteroatoms. The number of aromatic nitrogens is 2. The summed E-state index contributed by atoms with van der Waals surface area (Å²) in [4.78, 5) is 16.7. The van der Waals surface area contributed by atoms with Crippen molar-refractivity contribution in [2.45, 2.75) is 52.1 Å². The first-order chi connectivity index (χ1) is 10.0. The smallest absolute Gasteiger partial charge is 0.339 e. The van der Waals surface area contributed by atoms with E-state index in [1.54, 1.807) is 0 Å². The minimum Gasteiger partial charge on any atom is -0.339 e. The highest BCUT2D eigenvalue weighted by Gasteiger charge is 2.40. The summed E-state index contributed by atoms with van der Waals surface area (Å²) in [6.07, 6.45) is -2.90. The number of carbonyl (C=O) groups excluding carboxylic acids is 1. The van der Waals surface area contributed by atoms with Crippen LogP contribution >= 0.6 is 0 Å². The van der Waals surface area contributed by atoms with Crippen molar-refractivity contribution >= 4 is 5.91 Å². The predicted molar refractivity (Wildman–Crippen MR) is 72.1 cm³/mol. The molecule has 22 heavy (non-hydrogen) atoms. The van der Waals surface area contributed by atoms with E-state index in [-0.39, 0.29) is 24.3 Å². The molecule has 1 aliphatic rings. The van der Waals surface area contributed by atoms with Gasteiger partial charge in [0.1, 0.15) is 6.54 Å². The zero-order valence-electron chi connectivity index (χ0n) is 12.9. The first kappa shape index (κ1) is 16.8. The molecule has 1 unspecified atom stereocenters. The van der Waals surface area contributed by atoms with E-state index < -0.39 is 24.5 Å². The van der Waals surface area contributed by atoms with Crippen LogP contribution in [-0.2, 0) is 11.2 Å². The molecule has 1 aliphatic heterocycles. The van der Waals surface area contributed by atoms with Crippen molar-refractivity contribution in [1.29, 1.82) is 0 Å². The molecule has 1 aromatic heterocycles. The fourth-order valence-corrected chi connectivity index (χ4v) is 2.33. The summed E-state index contributed by atoms with van der Waals surface area (Å²) in [6, 6.07) is 0. The zero-order valence-corrected chi connectivity index (χ0v) is 12.9. The number of likely N-dealkylation sites (tertiary alicyclic amines) is 1. The molecule has 1 atom stereocenters. The van der Waals surface area contributed by atoms with Crippen LogP contribution in [0.1, 0.15) is 51.2 Å². The Labute approximate surface area is 126 Å². The van der Waals surface area contributed by atoms with Crippen molar-refractivity contribution in [3.63, 3.8) is 0 Å². The van der Waals surface area contributed by atoms with E-state index in [2.05, 4.69) is 30.9 Å². The number of hydrogen-bond donors (Lipinski definition) is 0. The summed E-state index contributed by atoms with van der Waals surface area (Å²) >= 11 is 0. The standard InChI is InChI=1S/C14H20F3N3O2/c1-13(2,3)5-4-10-18-12(22-19-10)9-6-11(21)20(7-9)8-14(15,16)17/h9H,4-8H2,1-3H3. The third-order valence-corrected chi connectivity index (χ3v) is 3.52. The summed E-state index contributed by atoms with van der Waals surface area (Å²) in [7, 11) is 0. The van der Waals surface area contributed by atoms with Crippen LogP contribution in [0, 0.1) is 5.41 Å². The molecule has 0 spiro atoms. The van der Waals surface area contributed by atoms with E-state index >= 15 is 0 Å². The zero-order chi connectivity index (χ0) is 16.5. The van der Waals surface area contributed by atoms with Gasteiger partial charge in [-0.1, -0.05) is 25.9 Å². The van der Waals surface area contributed by atoms with Gasteiger partial charge in [0.2, 0.25) is 11.8 Å². The molecule has 0 N–H and O–H groups in total. The second-order valence-electron chi connectivity index (χ2n) is 6.90. The largest absolute Gasteiger partial charge is 0.406 e. The number of alkyl halides is 3. The van der Waals surface area contributed by atoms with Gasteiger partial charge in [0.15, 0.2) is 5.82 Å². The van der Waals surface area contributed by atoms with Gasteiger partial charge in [-0.15, -0.1) is 0 Å². The minimum atomic E-state index is -4.39. The van der Waals surface area contributed by atoms with E-state index in [1.165, 1.54) is 0 Å². The molecular formula is C14H20F3N3O2. The average molecular weight is 319 g/mol. The normalized spacial score (nSPS) is 20.0. The van der Waals surface area contributed by atoms with Crippen LogP contribution < -0.4 is 0 Å². The number of rotatable bonds is 4. The van der Waals surface area contributed by atoms with Crippen LogP contribution in [0.4, 0.5) is 13.2 Å². The third-order valence-electron chi connectivity index (χ3n) is 3.52. The van der Waals surface area contributed by atoms with Crippen LogP contribution in [0.5, 0.6) is 0 Å². The van der Waals surface area contributed by atoms with E-state index in [4.69, 9.17) is 4.52 Å². The third kappa shape index (κ3) is 4.71. The van der Waals surface area contributed by atoms with Gasteiger partial charge in [-0.3, -0.25) is 4.79 Å². The molecule has 2 rings (SSSR count). The molecule has 0 saturated carbocycles. The summed E-state index contributed by atoms with van der Waals surface area (Å²) in [5.41, 5.74) is 0.133. The number of nitrogens with zero attached hydrogens (tertiary/aromatic N) is 3. The summed E-state index contributed by atoms with van der Waals surface area (Å²) in [5.74, 6) is -0.198. The Morgan fingerprint density at radius 1 is 1.32 bits per heavy atom. The number of carbonyl (C=O) groups is 1. The molecule has 0 aliphatic carbocycles. The molecule has 1 saturated heterocycles. The second kappa shape index (κ2) is 5.89. The Hall–Kier alpha value is -1.60. The first-order valence-corrected chi connectivity index (χ1v) is 7.20. The summed E-state index contributed by atoms with van der Waals surface area (Å²) in [6.45, 7) is 5.03. The molecule has 0 aromatic carbocycles. The average Bonchev–Trinajstić information content (AvgIpc) is 2.92. The van der Waals surface area contributed by atoms with Crippen LogP contribution in [0.3, 0.4) is 0 Å². The topological polar surface area (TPSA) is 59.2 Å². The summed E-state index contributed by atoms with van der Waals surface area (Å²) < 4.78 is 42.3. The van der Waals surface area contributed by atoms with Crippen LogP contribution in [0.25, 0.3) is 0 Å². The predicted octanol–water partition coefficient (Wildman–Crippen LogP) is 2.93. The highest BCUT2D eigenvalue weighted by molar-refractivity contribution is 5.79. The molecule has 1 amide bonds. The van der Waals surface area contributed by atoms with Crippen molar-refractivity contribution in [2.75, 3.05) is 13.1 Å². The minimum absolute atomic E-state index is 0.0169. The van der Waals surface area contributed by atoms with Gasteiger partial charge < -0.3 is 9.42 Å². The first-order valence-electron chi connectivity index (χ1n) is 7.20. The van der Waals surface area contributed by atoms with Gasteiger partial charge in [-0.05, 0) is 11.8 Å². The van der Waals surface area contributed by atoms with Gasteiger partial charge in [-0.25, -0.2) is 0 Å². The molecule has 0 radical (unpaired) electrons. The van der Waals surface area contributed by atoms with E-state index in [0.717, 1.165) is 11.3 Å². The van der Waals surface area contributed by atoms with Gasteiger partial charge in [-0.2, -0.15) is 18.2 Å². The fourth-order valence-electron chi connectivity index (χ4n) is 2.33. The number of aryl methyl sites for hydroxylation is 1. The monoisotopic (exact) mass is 319 g/mol. The Morgan fingerprint density at radius 2 is 2.00 bits per heavy atom. The van der Waals surface area contributed by atoms with Crippen molar-refractivity contribution in [3.8, 4) is 0 Å². The highest BCUT2D eigenvalue weighted by Crippen LogP contribution is 2.30. The number of halogens is 3. The van der Waals surface area contributed by atoms with E-state index in [1.807, 2.05) is 0 Å². The van der Waals surface area contributed by atoms with Crippen LogP contribution in [0.2, 0.25) is 0 Å². The van der Waals surface area contributed by atoms with Gasteiger partial charge in [0.25, 0.3) is 0 Å². The molecular weight excluding hydrogens is 299 g/mol. The lowest BCUT2D eigenvalue weighted by Crippen LogP contribution is -2.35. The lowest BCUT2D eigenvalue weighted by molar-refractivity contribution is -0.157. The number of amides is 1. The molecule has 2 heterocycles. The van der Waals surface area contributed by atoms with Crippen molar-refractivity contribution in [2.24, 2.45) is 5.41 Å². The van der Waals surface area contributed by atoms with Gasteiger partial charge >= 0.3 is 6.18 Å². The lowest BCUT2D eigenvalue weighted by atomic mass is 9.90. The quantitative estimate of drug-likeness (QED) is 0.856. The van der Waals surface area contributed by atoms with E-state index in [9.17, 15) is 18.0 Å². The molecule has 0 bridgehead atoms. The lowest BCUT2D eigenvalue weighted by Gasteiger charge is -2.17. The molecule has 1 fully saturated rings. The SMILES string of the molecule is CC(C)(C)CCc1noc(C2CC(=O)N(CC(F)(F)F)C2)n1.